The van der Waals surface area contributed by atoms with Crippen molar-refractivity contribution in [2.24, 2.45) is 13.0 Å². The summed E-state index contributed by atoms with van der Waals surface area (Å²) in [6, 6.07) is 5.45. The Morgan fingerprint density at radius 1 is 1.44 bits per heavy atom. The van der Waals surface area contributed by atoms with Crippen molar-refractivity contribution in [3.63, 3.8) is 0 Å². The van der Waals surface area contributed by atoms with Crippen LogP contribution in [0.3, 0.4) is 0 Å². The summed E-state index contributed by atoms with van der Waals surface area (Å²) in [7, 11) is 2.08. The van der Waals surface area contributed by atoms with E-state index >= 15 is 0 Å². The van der Waals surface area contributed by atoms with E-state index in [1.807, 2.05) is 12.1 Å². The smallest absolute Gasteiger partial charge is 0.335 e. The molecule has 1 aliphatic rings. The van der Waals surface area contributed by atoms with Crippen LogP contribution in [-0.2, 0) is 19.9 Å². The number of carboxylic acid groups (broad SMARTS) is 1. The van der Waals surface area contributed by atoms with E-state index in [4.69, 9.17) is 5.11 Å². The Labute approximate surface area is 106 Å². The normalized spacial score (nSPS) is 18.9. The molecule has 0 aliphatic heterocycles. The number of aromatic nitrogens is 1. The molecule has 0 saturated carbocycles. The van der Waals surface area contributed by atoms with E-state index in [0.717, 1.165) is 23.7 Å². The number of rotatable bonds is 1. The van der Waals surface area contributed by atoms with Gasteiger partial charge >= 0.3 is 5.97 Å². The maximum Gasteiger partial charge on any atom is 0.335 e. The molecule has 0 bridgehead atoms. The Hall–Kier alpha value is -1.77. The summed E-state index contributed by atoms with van der Waals surface area (Å²) in [5.41, 5.74) is 4.27. The van der Waals surface area contributed by atoms with E-state index in [1.54, 1.807) is 6.07 Å². The van der Waals surface area contributed by atoms with Gasteiger partial charge in [0.2, 0.25) is 0 Å². The Bertz CT molecular complexity index is 639. The molecule has 3 rings (SSSR count). The van der Waals surface area contributed by atoms with Crippen molar-refractivity contribution in [1.29, 1.82) is 0 Å². The Balaban J connectivity index is 2.28. The van der Waals surface area contributed by atoms with Crippen LogP contribution >= 0.6 is 0 Å². The van der Waals surface area contributed by atoms with Crippen LogP contribution in [0.4, 0.5) is 0 Å². The summed E-state index contributed by atoms with van der Waals surface area (Å²) in [6.07, 6.45) is 3.39. The highest BCUT2D eigenvalue weighted by atomic mass is 16.4. The average molecular weight is 243 g/mol. The summed E-state index contributed by atoms with van der Waals surface area (Å²) >= 11 is 0. The van der Waals surface area contributed by atoms with Gasteiger partial charge in [-0.3, -0.25) is 0 Å². The highest BCUT2D eigenvalue weighted by Crippen LogP contribution is 2.34. The molecule has 0 saturated heterocycles. The van der Waals surface area contributed by atoms with Crippen LogP contribution in [0, 0.1) is 5.92 Å². The van der Waals surface area contributed by atoms with Gasteiger partial charge in [0.25, 0.3) is 0 Å². The van der Waals surface area contributed by atoms with Crippen LogP contribution in [0.5, 0.6) is 0 Å². The molecule has 1 aromatic heterocycles. The van der Waals surface area contributed by atoms with Crippen molar-refractivity contribution in [2.75, 3.05) is 0 Å². The first-order chi connectivity index (χ1) is 8.58. The number of nitrogens with zero attached hydrogens (tertiary/aromatic N) is 1. The van der Waals surface area contributed by atoms with Crippen LogP contribution in [0.2, 0.25) is 0 Å². The predicted molar refractivity (Wildman–Crippen MR) is 71.1 cm³/mol. The molecule has 0 spiro atoms. The third kappa shape index (κ3) is 1.54. The summed E-state index contributed by atoms with van der Waals surface area (Å²) in [5, 5.41) is 10.2. The molecule has 1 atom stereocenters. The molecule has 1 aromatic carbocycles. The second-order valence-corrected chi connectivity index (χ2v) is 5.37. The van der Waals surface area contributed by atoms with Gasteiger partial charge in [0, 0.05) is 23.6 Å². The van der Waals surface area contributed by atoms with Gasteiger partial charge in [0.1, 0.15) is 0 Å². The number of hydrogen-bond donors (Lipinski definition) is 1. The van der Waals surface area contributed by atoms with E-state index in [1.165, 1.54) is 17.7 Å². The zero-order valence-electron chi connectivity index (χ0n) is 10.7. The van der Waals surface area contributed by atoms with Gasteiger partial charge < -0.3 is 9.67 Å². The minimum Gasteiger partial charge on any atom is -0.478 e. The molecule has 1 unspecified atom stereocenters. The average Bonchev–Trinajstić information content (AvgIpc) is 2.62. The lowest BCUT2D eigenvalue weighted by Crippen LogP contribution is -2.12. The van der Waals surface area contributed by atoms with Crippen molar-refractivity contribution in [2.45, 2.75) is 26.2 Å². The first-order valence-corrected chi connectivity index (χ1v) is 6.41. The highest BCUT2D eigenvalue weighted by molar-refractivity contribution is 5.95. The zero-order valence-corrected chi connectivity index (χ0v) is 10.7. The van der Waals surface area contributed by atoms with Gasteiger partial charge in [-0.15, -0.1) is 0 Å². The molecular formula is C15H17NO2. The molecule has 1 aliphatic carbocycles. The summed E-state index contributed by atoms with van der Waals surface area (Å²) in [6.45, 7) is 2.27. The van der Waals surface area contributed by atoms with E-state index in [9.17, 15) is 4.79 Å². The van der Waals surface area contributed by atoms with E-state index in [-0.39, 0.29) is 0 Å². The third-order valence-corrected chi connectivity index (χ3v) is 4.11. The molecule has 18 heavy (non-hydrogen) atoms. The largest absolute Gasteiger partial charge is 0.478 e. The molecule has 1 heterocycles. The lowest BCUT2D eigenvalue weighted by molar-refractivity contribution is 0.0697. The highest BCUT2D eigenvalue weighted by Gasteiger charge is 2.22. The van der Waals surface area contributed by atoms with Crippen molar-refractivity contribution >= 4 is 16.9 Å². The van der Waals surface area contributed by atoms with Crippen LogP contribution in [0.25, 0.3) is 10.9 Å². The quantitative estimate of drug-likeness (QED) is 0.836. The molecule has 3 heteroatoms. The number of benzene rings is 1. The fourth-order valence-electron chi connectivity index (χ4n) is 3.09. The third-order valence-electron chi connectivity index (χ3n) is 4.11. The van der Waals surface area contributed by atoms with Gasteiger partial charge in [0.05, 0.1) is 5.56 Å². The van der Waals surface area contributed by atoms with Gasteiger partial charge in [-0.1, -0.05) is 6.92 Å². The molecule has 3 nitrogen and oxygen atoms in total. The fraction of sp³-hybridized carbons (Fsp3) is 0.400. The molecule has 0 fully saturated rings. The minimum absolute atomic E-state index is 0.383. The van der Waals surface area contributed by atoms with Crippen LogP contribution < -0.4 is 0 Å². The van der Waals surface area contributed by atoms with Gasteiger partial charge in [-0.25, -0.2) is 4.79 Å². The van der Waals surface area contributed by atoms with Gasteiger partial charge in [0.15, 0.2) is 0 Å². The predicted octanol–water partition coefficient (Wildman–Crippen LogP) is 3.00. The number of carbonyl (C=O) groups is 1. The zero-order chi connectivity index (χ0) is 12.9. The Kier molecular flexibility index (Phi) is 2.44. The lowest BCUT2D eigenvalue weighted by atomic mass is 9.87. The van der Waals surface area contributed by atoms with Gasteiger partial charge in [-0.2, -0.15) is 0 Å². The van der Waals surface area contributed by atoms with Crippen LogP contribution in [0.15, 0.2) is 18.2 Å². The fourth-order valence-corrected chi connectivity index (χ4v) is 3.09. The van der Waals surface area contributed by atoms with Crippen LogP contribution in [0.1, 0.15) is 35.0 Å². The van der Waals surface area contributed by atoms with Crippen LogP contribution in [-0.4, -0.2) is 15.6 Å². The molecule has 0 amide bonds. The Morgan fingerprint density at radius 3 is 2.94 bits per heavy atom. The maximum atomic E-state index is 11.1. The molecule has 94 valence electrons. The topological polar surface area (TPSA) is 42.2 Å². The second kappa shape index (κ2) is 3.87. The number of aromatic carboxylic acids is 1. The summed E-state index contributed by atoms with van der Waals surface area (Å²) in [5.74, 6) is -0.157. The molecule has 1 N–H and O–H groups in total. The lowest BCUT2D eigenvalue weighted by Gasteiger charge is -2.19. The van der Waals surface area contributed by atoms with Crippen molar-refractivity contribution in [3.05, 3.63) is 35.0 Å². The SMILES string of the molecule is CC1CCc2c(c3cc(C(=O)O)ccc3n2C)C1. The first-order valence-electron chi connectivity index (χ1n) is 6.41. The number of carboxylic acids is 1. The van der Waals surface area contributed by atoms with Gasteiger partial charge in [-0.05, 0) is 48.9 Å². The Morgan fingerprint density at radius 2 is 2.22 bits per heavy atom. The summed E-state index contributed by atoms with van der Waals surface area (Å²) in [4.78, 5) is 11.1. The number of hydrogen-bond acceptors (Lipinski definition) is 1. The van der Waals surface area contributed by atoms with E-state index in [0.29, 0.717) is 11.5 Å². The van der Waals surface area contributed by atoms with E-state index in [2.05, 4.69) is 18.5 Å². The number of aryl methyl sites for hydroxylation is 1. The molecule has 0 radical (unpaired) electrons. The maximum absolute atomic E-state index is 11.1. The number of fused-ring (bicyclic) bond motifs is 3. The first kappa shape index (κ1) is 11.3. The van der Waals surface area contributed by atoms with E-state index < -0.39 is 5.97 Å². The molecule has 2 aromatic rings. The van der Waals surface area contributed by atoms with Crippen molar-refractivity contribution in [3.8, 4) is 0 Å². The summed E-state index contributed by atoms with van der Waals surface area (Å²) < 4.78 is 2.22. The molecular weight excluding hydrogens is 226 g/mol. The van der Waals surface area contributed by atoms with Crippen molar-refractivity contribution < 1.29 is 9.90 Å². The second-order valence-electron chi connectivity index (χ2n) is 5.37. The standard InChI is InChI=1S/C15H17NO2/c1-9-3-5-13-11(7-9)12-8-10(15(17)18)4-6-14(12)16(13)2/h4,6,8-9H,3,5,7H2,1-2H3,(H,17,18). The monoisotopic (exact) mass is 243 g/mol. The van der Waals surface area contributed by atoms with Crippen molar-refractivity contribution in [1.82, 2.24) is 4.57 Å². The minimum atomic E-state index is -0.849.